The molecular formula is C29H33ClFN3O4S. The lowest BCUT2D eigenvalue weighted by atomic mass is 10.1. The third-order valence-corrected chi connectivity index (χ3v) is 8.12. The van der Waals surface area contributed by atoms with Crippen LogP contribution < -0.4 is 9.62 Å². The zero-order chi connectivity index (χ0) is 29.0. The van der Waals surface area contributed by atoms with Crippen molar-refractivity contribution < 1.29 is 22.4 Å². The highest BCUT2D eigenvalue weighted by Gasteiger charge is 2.34. The zero-order valence-electron chi connectivity index (χ0n) is 22.6. The average Bonchev–Trinajstić information content (AvgIpc) is 2.86. The van der Waals surface area contributed by atoms with Crippen molar-refractivity contribution in [3.05, 3.63) is 94.8 Å². The van der Waals surface area contributed by atoms with Crippen molar-refractivity contribution in [1.82, 2.24) is 10.2 Å². The predicted molar refractivity (Wildman–Crippen MR) is 151 cm³/mol. The maximum atomic E-state index is 15.0. The number of carbonyl (C=O) groups excluding carboxylic acids is 2. The molecule has 2 amide bonds. The third kappa shape index (κ3) is 7.58. The van der Waals surface area contributed by atoms with Crippen molar-refractivity contribution >= 4 is 39.1 Å². The maximum absolute atomic E-state index is 15.0. The van der Waals surface area contributed by atoms with Crippen molar-refractivity contribution in [2.75, 3.05) is 10.8 Å². The summed E-state index contributed by atoms with van der Waals surface area (Å²) in [5.41, 5.74) is 0.558. The van der Waals surface area contributed by atoms with Gasteiger partial charge in [-0.15, -0.1) is 0 Å². The van der Waals surface area contributed by atoms with Gasteiger partial charge in [0, 0.05) is 17.1 Å². The first-order valence-electron chi connectivity index (χ1n) is 12.4. The maximum Gasteiger partial charge on any atom is 0.264 e. The summed E-state index contributed by atoms with van der Waals surface area (Å²) in [4.78, 5) is 28.1. The fourth-order valence-electron chi connectivity index (χ4n) is 3.87. The monoisotopic (exact) mass is 573 g/mol. The molecule has 1 N–H and O–H groups in total. The van der Waals surface area contributed by atoms with E-state index in [-0.39, 0.29) is 17.1 Å². The molecule has 0 spiro atoms. The summed E-state index contributed by atoms with van der Waals surface area (Å²) in [7, 11) is -4.36. The largest absolute Gasteiger partial charge is 0.350 e. The number of rotatable bonds is 9. The Kier molecular flexibility index (Phi) is 9.40. The highest BCUT2D eigenvalue weighted by atomic mass is 35.5. The van der Waals surface area contributed by atoms with Gasteiger partial charge in [0.15, 0.2) is 0 Å². The minimum atomic E-state index is -4.36. The van der Waals surface area contributed by atoms with Crippen LogP contribution in [-0.4, -0.2) is 43.3 Å². The fraction of sp³-hybridized carbons (Fsp3) is 0.310. The summed E-state index contributed by atoms with van der Waals surface area (Å²) in [6.45, 7) is 7.99. The molecule has 39 heavy (non-hydrogen) atoms. The van der Waals surface area contributed by atoms with Crippen LogP contribution in [0.4, 0.5) is 10.1 Å². The number of halogens is 2. The third-order valence-electron chi connectivity index (χ3n) is 5.97. The number of anilines is 1. The molecule has 0 heterocycles. The van der Waals surface area contributed by atoms with Crippen LogP contribution >= 0.6 is 11.6 Å². The van der Waals surface area contributed by atoms with Gasteiger partial charge in [0.1, 0.15) is 18.4 Å². The molecular weight excluding hydrogens is 541 g/mol. The molecule has 1 atom stereocenters. The van der Waals surface area contributed by atoms with E-state index < -0.39 is 45.8 Å². The quantitative estimate of drug-likeness (QED) is 0.376. The van der Waals surface area contributed by atoms with Crippen LogP contribution in [0.3, 0.4) is 0 Å². The number of amides is 2. The highest BCUT2D eigenvalue weighted by Crippen LogP contribution is 2.27. The number of nitrogens with zero attached hydrogens (tertiary/aromatic N) is 2. The minimum Gasteiger partial charge on any atom is -0.350 e. The van der Waals surface area contributed by atoms with Crippen molar-refractivity contribution in [2.45, 2.75) is 57.6 Å². The summed E-state index contributed by atoms with van der Waals surface area (Å²) >= 11 is 6.36. The van der Waals surface area contributed by atoms with Gasteiger partial charge in [-0.1, -0.05) is 59.6 Å². The van der Waals surface area contributed by atoms with Crippen LogP contribution in [0.25, 0.3) is 0 Å². The summed E-state index contributed by atoms with van der Waals surface area (Å²) in [6, 6.07) is 17.3. The average molecular weight is 574 g/mol. The van der Waals surface area contributed by atoms with Gasteiger partial charge in [-0.25, -0.2) is 12.8 Å². The van der Waals surface area contributed by atoms with E-state index in [1.165, 1.54) is 35.2 Å². The topological polar surface area (TPSA) is 86.8 Å². The molecule has 0 radical (unpaired) electrons. The van der Waals surface area contributed by atoms with E-state index in [9.17, 15) is 22.4 Å². The lowest BCUT2D eigenvalue weighted by molar-refractivity contribution is -0.140. The Morgan fingerprint density at radius 1 is 0.974 bits per heavy atom. The Morgan fingerprint density at radius 3 is 2.15 bits per heavy atom. The molecule has 0 aromatic heterocycles. The van der Waals surface area contributed by atoms with Gasteiger partial charge < -0.3 is 10.2 Å². The molecule has 0 aliphatic rings. The molecule has 3 aromatic rings. The van der Waals surface area contributed by atoms with Gasteiger partial charge in [-0.05, 0) is 70.5 Å². The van der Waals surface area contributed by atoms with Crippen molar-refractivity contribution in [2.24, 2.45) is 0 Å². The van der Waals surface area contributed by atoms with E-state index in [0.717, 1.165) is 15.9 Å². The summed E-state index contributed by atoms with van der Waals surface area (Å²) in [5.74, 6) is -1.94. The van der Waals surface area contributed by atoms with Crippen LogP contribution in [0.2, 0.25) is 5.02 Å². The van der Waals surface area contributed by atoms with E-state index in [0.29, 0.717) is 10.6 Å². The molecule has 0 saturated heterocycles. The lowest BCUT2D eigenvalue weighted by Gasteiger charge is -2.33. The second-order valence-electron chi connectivity index (χ2n) is 10.3. The molecule has 0 aliphatic carbocycles. The van der Waals surface area contributed by atoms with Crippen LogP contribution in [0.1, 0.15) is 38.8 Å². The van der Waals surface area contributed by atoms with Gasteiger partial charge in [0.25, 0.3) is 10.0 Å². The lowest BCUT2D eigenvalue weighted by Crippen LogP contribution is -2.54. The number of benzene rings is 3. The number of para-hydroxylation sites is 1. The van der Waals surface area contributed by atoms with Gasteiger partial charge in [0.05, 0.1) is 10.6 Å². The SMILES string of the molecule is Cc1ccc(S(=O)(=O)N(CC(=O)N(Cc2ccccc2Cl)[C@@H](C)C(=O)NC(C)(C)C)c2ccccc2F)cc1. The van der Waals surface area contributed by atoms with Crippen LogP contribution in [0.15, 0.2) is 77.7 Å². The standard InChI is InChI=1S/C29H33ClFN3O4S/c1-20-14-16-23(17-15-20)39(37,38)34(26-13-9-8-12-25(26)31)19-27(35)33(18-22-10-6-7-11-24(22)30)21(2)28(36)32-29(3,4)5/h6-17,21H,18-19H2,1-5H3,(H,32,36)/t21-/m0/s1. The second-order valence-corrected chi connectivity index (χ2v) is 12.6. The predicted octanol–water partition coefficient (Wildman–Crippen LogP) is 5.31. The molecule has 7 nitrogen and oxygen atoms in total. The summed E-state index contributed by atoms with van der Waals surface area (Å²) < 4.78 is 43.2. The van der Waals surface area contributed by atoms with Gasteiger partial charge in [0.2, 0.25) is 11.8 Å². The summed E-state index contributed by atoms with van der Waals surface area (Å²) in [6.07, 6.45) is 0. The molecule has 0 bridgehead atoms. The number of sulfonamides is 1. The first-order valence-corrected chi connectivity index (χ1v) is 14.2. The minimum absolute atomic E-state index is 0.0626. The number of carbonyl (C=O) groups is 2. The fourth-order valence-corrected chi connectivity index (χ4v) is 5.49. The van der Waals surface area contributed by atoms with E-state index in [1.54, 1.807) is 43.3 Å². The molecule has 3 rings (SSSR count). The first-order chi connectivity index (χ1) is 18.2. The Hall–Kier alpha value is -3.43. The van der Waals surface area contributed by atoms with E-state index in [4.69, 9.17) is 11.6 Å². The normalized spacial score (nSPS) is 12.5. The molecule has 3 aromatic carbocycles. The van der Waals surface area contributed by atoms with Crippen molar-refractivity contribution in [1.29, 1.82) is 0 Å². The van der Waals surface area contributed by atoms with E-state index >= 15 is 0 Å². The molecule has 0 unspecified atom stereocenters. The molecule has 0 fully saturated rings. The Bertz CT molecular complexity index is 1440. The van der Waals surface area contributed by atoms with Gasteiger partial charge in [-0.2, -0.15) is 0 Å². The smallest absolute Gasteiger partial charge is 0.264 e. The number of aryl methyl sites for hydroxylation is 1. The summed E-state index contributed by atoms with van der Waals surface area (Å²) in [5, 5.41) is 3.24. The molecule has 0 aliphatic heterocycles. The van der Waals surface area contributed by atoms with Crippen LogP contribution in [-0.2, 0) is 26.2 Å². The highest BCUT2D eigenvalue weighted by molar-refractivity contribution is 7.92. The Balaban J connectivity index is 2.06. The molecule has 0 saturated carbocycles. The van der Waals surface area contributed by atoms with Gasteiger partial charge in [-0.3, -0.25) is 13.9 Å². The Morgan fingerprint density at radius 2 is 1.56 bits per heavy atom. The van der Waals surface area contributed by atoms with E-state index in [2.05, 4.69) is 5.32 Å². The molecule has 10 heteroatoms. The van der Waals surface area contributed by atoms with E-state index in [1.807, 2.05) is 27.7 Å². The first kappa shape index (κ1) is 30.1. The van der Waals surface area contributed by atoms with Crippen LogP contribution in [0, 0.1) is 12.7 Å². The van der Waals surface area contributed by atoms with Crippen LogP contribution in [0.5, 0.6) is 0 Å². The molecule has 208 valence electrons. The number of hydrogen-bond acceptors (Lipinski definition) is 4. The zero-order valence-corrected chi connectivity index (χ0v) is 24.2. The second kappa shape index (κ2) is 12.2. The van der Waals surface area contributed by atoms with Crippen molar-refractivity contribution in [3.63, 3.8) is 0 Å². The number of hydrogen-bond donors (Lipinski definition) is 1. The van der Waals surface area contributed by atoms with Crippen molar-refractivity contribution in [3.8, 4) is 0 Å². The number of nitrogens with one attached hydrogen (secondary N) is 1. The Labute approximate surface area is 234 Å². The van der Waals surface area contributed by atoms with Gasteiger partial charge >= 0.3 is 0 Å².